The zero-order valence-corrected chi connectivity index (χ0v) is 9.99. The molecule has 2 unspecified atom stereocenters. The lowest BCUT2D eigenvalue weighted by Gasteiger charge is -2.23. The van der Waals surface area contributed by atoms with Gasteiger partial charge < -0.3 is 10.0 Å². The maximum absolute atomic E-state index is 9.80. The van der Waals surface area contributed by atoms with Crippen molar-refractivity contribution in [2.45, 2.75) is 45.1 Å². The molecule has 1 aliphatic heterocycles. The maximum atomic E-state index is 9.80. The second-order valence-corrected chi connectivity index (χ2v) is 4.86. The van der Waals surface area contributed by atoms with Crippen molar-refractivity contribution in [1.29, 1.82) is 0 Å². The standard InChI is InChI=1S/C13H25NO/c1-3-4-7-13(15)11-14-9-5-6-12(2)8-10-14/h3,12-13,15H,1,4-11H2,2H3. The summed E-state index contributed by atoms with van der Waals surface area (Å²) in [6, 6.07) is 0. The average Bonchev–Trinajstić information content (AvgIpc) is 2.41. The third-order valence-corrected chi connectivity index (χ3v) is 3.28. The third kappa shape index (κ3) is 5.33. The summed E-state index contributed by atoms with van der Waals surface area (Å²) in [5.74, 6) is 0.861. The number of allylic oxidation sites excluding steroid dienone is 1. The molecule has 0 bridgehead atoms. The van der Waals surface area contributed by atoms with E-state index in [1.54, 1.807) is 0 Å². The van der Waals surface area contributed by atoms with Crippen molar-refractivity contribution in [3.63, 3.8) is 0 Å². The Morgan fingerprint density at radius 1 is 1.47 bits per heavy atom. The Morgan fingerprint density at radius 2 is 2.27 bits per heavy atom. The molecule has 0 aromatic carbocycles. The fourth-order valence-corrected chi connectivity index (χ4v) is 2.20. The minimum absolute atomic E-state index is 0.170. The molecular formula is C13H25NO. The van der Waals surface area contributed by atoms with Crippen molar-refractivity contribution in [1.82, 2.24) is 4.90 Å². The van der Waals surface area contributed by atoms with Gasteiger partial charge in [0.2, 0.25) is 0 Å². The maximum Gasteiger partial charge on any atom is 0.0670 e. The van der Waals surface area contributed by atoms with E-state index < -0.39 is 0 Å². The summed E-state index contributed by atoms with van der Waals surface area (Å²) in [7, 11) is 0. The molecule has 1 saturated heterocycles. The summed E-state index contributed by atoms with van der Waals surface area (Å²) in [5, 5.41) is 9.80. The van der Waals surface area contributed by atoms with Crippen LogP contribution in [0.15, 0.2) is 12.7 Å². The van der Waals surface area contributed by atoms with Gasteiger partial charge in [-0.25, -0.2) is 0 Å². The molecule has 0 aromatic rings. The van der Waals surface area contributed by atoms with E-state index in [0.717, 1.165) is 38.4 Å². The summed E-state index contributed by atoms with van der Waals surface area (Å²) in [6.45, 7) is 9.18. The van der Waals surface area contributed by atoms with E-state index >= 15 is 0 Å². The minimum Gasteiger partial charge on any atom is -0.392 e. The van der Waals surface area contributed by atoms with Crippen LogP contribution in [0.25, 0.3) is 0 Å². The Morgan fingerprint density at radius 3 is 3.00 bits per heavy atom. The number of nitrogens with zero attached hydrogens (tertiary/aromatic N) is 1. The number of hydrogen-bond donors (Lipinski definition) is 1. The van der Waals surface area contributed by atoms with Gasteiger partial charge in [-0.15, -0.1) is 6.58 Å². The van der Waals surface area contributed by atoms with Crippen molar-refractivity contribution in [3.8, 4) is 0 Å². The number of hydrogen-bond acceptors (Lipinski definition) is 2. The normalized spacial score (nSPS) is 25.9. The zero-order valence-electron chi connectivity index (χ0n) is 9.99. The second kappa shape index (κ2) is 7.02. The topological polar surface area (TPSA) is 23.5 Å². The Labute approximate surface area is 94.0 Å². The van der Waals surface area contributed by atoms with Crippen molar-refractivity contribution < 1.29 is 5.11 Å². The Balaban J connectivity index is 2.21. The van der Waals surface area contributed by atoms with Crippen molar-refractivity contribution in [2.24, 2.45) is 5.92 Å². The molecule has 0 amide bonds. The van der Waals surface area contributed by atoms with Gasteiger partial charge >= 0.3 is 0 Å². The molecule has 0 spiro atoms. The van der Waals surface area contributed by atoms with Gasteiger partial charge in [-0.3, -0.25) is 0 Å². The van der Waals surface area contributed by atoms with E-state index in [1.807, 2.05) is 6.08 Å². The molecule has 1 rings (SSSR count). The smallest absolute Gasteiger partial charge is 0.0670 e. The van der Waals surface area contributed by atoms with Crippen molar-refractivity contribution >= 4 is 0 Å². The van der Waals surface area contributed by atoms with Crippen LogP contribution in [0.4, 0.5) is 0 Å². The summed E-state index contributed by atoms with van der Waals surface area (Å²) in [5.41, 5.74) is 0. The first-order valence-electron chi connectivity index (χ1n) is 6.23. The largest absolute Gasteiger partial charge is 0.392 e. The first kappa shape index (κ1) is 12.7. The number of likely N-dealkylation sites (tertiary alicyclic amines) is 1. The highest BCUT2D eigenvalue weighted by molar-refractivity contribution is 4.73. The van der Waals surface area contributed by atoms with Gasteiger partial charge in [0.1, 0.15) is 0 Å². The lowest BCUT2D eigenvalue weighted by Crippen LogP contribution is -2.33. The molecule has 2 nitrogen and oxygen atoms in total. The fraction of sp³-hybridized carbons (Fsp3) is 0.846. The number of β-amino-alcohol motifs (C(OH)–C–C–N with tert-alkyl or cyclic N) is 1. The van der Waals surface area contributed by atoms with Gasteiger partial charge in [-0.05, 0) is 51.1 Å². The predicted octanol–water partition coefficient (Wildman–Crippen LogP) is 2.44. The monoisotopic (exact) mass is 211 g/mol. The van der Waals surface area contributed by atoms with Crippen LogP contribution in [0.2, 0.25) is 0 Å². The van der Waals surface area contributed by atoms with Crippen LogP contribution in [-0.2, 0) is 0 Å². The van der Waals surface area contributed by atoms with Gasteiger partial charge in [0, 0.05) is 6.54 Å². The first-order valence-corrected chi connectivity index (χ1v) is 6.23. The predicted molar refractivity (Wildman–Crippen MR) is 64.9 cm³/mol. The minimum atomic E-state index is -0.170. The number of aliphatic hydroxyl groups excluding tert-OH is 1. The zero-order chi connectivity index (χ0) is 11.1. The van der Waals surface area contributed by atoms with Crippen LogP contribution in [0.1, 0.15) is 39.0 Å². The third-order valence-electron chi connectivity index (χ3n) is 3.28. The molecule has 1 N–H and O–H groups in total. The van der Waals surface area contributed by atoms with E-state index in [1.165, 1.54) is 19.3 Å². The van der Waals surface area contributed by atoms with Gasteiger partial charge in [-0.2, -0.15) is 0 Å². The quantitative estimate of drug-likeness (QED) is 0.706. The molecule has 1 heterocycles. The average molecular weight is 211 g/mol. The second-order valence-electron chi connectivity index (χ2n) is 4.86. The Hall–Kier alpha value is -0.340. The first-order chi connectivity index (χ1) is 7.22. The lowest BCUT2D eigenvalue weighted by atomic mass is 10.0. The SMILES string of the molecule is C=CCCC(O)CN1CCCC(C)CC1. The number of aliphatic hydroxyl groups is 1. The van der Waals surface area contributed by atoms with Gasteiger partial charge in [0.25, 0.3) is 0 Å². The van der Waals surface area contributed by atoms with Crippen molar-refractivity contribution in [3.05, 3.63) is 12.7 Å². The van der Waals surface area contributed by atoms with Crippen LogP contribution in [-0.4, -0.2) is 35.7 Å². The Bertz CT molecular complexity index is 181. The van der Waals surface area contributed by atoms with Gasteiger partial charge in [-0.1, -0.05) is 13.0 Å². The summed E-state index contributed by atoms with van der Waals surface area (Å²) in [6.07, 6.45) is 7.41. The molecule has 1 aliphatic rings. The highest BCUT2D eigenvalue weighted by atomic mass is 16.3. The van der Waals surface area contributed by atoms with Gasteiger partial charge in [0.05, 0.1) is 6.10 Å². The summed E-state index contributed by atoms with van der Waals surface area (Å²) in [4.78, 5) is 2.41. The summed E-state index contributed by atoms with van der Waals surface area (Å²) >= 11 is 0. The fourth-order valence-electron chi connectivity index (χ4n) is 2.20. The summed E-state index contributed by atoms with van der Waals surface area (Å²) < 4.78 is 0. The highest BCUT2D eigenvalue weighted by Crippen LogP contribution is 2.16. The molecule has 0 saturated carbocycles. The molecule has 0 aliphatic carbocycles. The van der Waals surface area contributed by atoms with Gasteiger partial charge in [0.15, 0.2) is 0 Å². The molecule has 88 valence electrons. The molecule has 2 heteroatoms. The number of rotatable bonds is 5. The highest BCUT2D eigenvalue weighted by Gasteiger charge is 2.15. The molecular weight excluding hydrogens is 186 g/mol. The Kier molecular flexibility index (Phi) is 5.96. The van der Waals surface area contributed by atoms with Crippen LogP contribution in [0.3, 0.4) is 0 Å². The molecule has 0 aromatic heterocycles. The van der Waals surface area contributed by atoms with E-state index in [-0.39, 0.29) is 6.10 Å². The molecule has 1 fully saturated rings. The van der Waals surface area contributed by atoms with E-state index in [0.29, 0.717) is 0 Å². The van der Waals surface area contributed by atoms with E-state index in [2.05, 4.69) is 18.4 Å². The van der Waals surface area contributed by atoms with E-state index in [9.17, 15) is 5.11 Å². The van der Waals surface area contributed by atoms with Crippen LogP contribution < -0.4 is 0 Å². The van der Waals surface area contributed by atoms with Crippen molar-refractivity contribution in [2.75, 3.05) is 19.6 Å². The van der Waals surface area contributed by atoms with Crippen LogP contribution in [0, 0.1) is 5.92 Å². The van der Waals surface area contributed by atoms with Crippen LogP contribution >= 0.6 is 0 Å². The van der Waals surface area contributed by atoms with E-state index in [4.69, 9.17) is 0 Å². The molecule has 15 heavy (non-hydrogen) atoms. The molecule has 2 atom stereocenters. The molecule has 0 radical (unpaired) electrons. The lowest BCUT2D eigenvalue weighted by molar-refractivity contribution is 0.107. The van der Waals surface area contributed by atoms with Crippen LogP contribution in [0.5, 0.6) is 0 Å².